The van der Waals surface area contributed by atoms with E-state index < -0.39 is 0 Å². The van der Waals surface area contributed by atoms with Crippen molar-refractivity contribution in [1.29, 1.82) is 0 Å². The fourth-order valence-electron chi connectivity index (χ4n) is 10.3. The number of fused-ring (bicyclic) bond motifs is 6. The lowest BCUT2D eigenvalue weighted by molar-refractivity contribution is 1.02. The number of aromatic nitrogens is 4. The Morgan fingerprint density at radius 2 is 0.765 bits per heavy atom. The van der Waals surface area contributed by atoms with Gasteiger partial charge in [0, 0.05) is 54.8 Å². The van der Waals surface area contributed by atoms with Gasteiger partial charge in [-0.15, -0.1) is 0 Å². The zero-order valence-electron chi connectivity index (χ0n) is 37.3. The fourth-order valence-corrected chi connectivity index (χ4v) is 10.3. The molecular weight excluding hydrogens is 825 g/mol. The van der Waals surface area contributed by atoms with Gasteiger partial charge < -0.3 is 9.13 Å². The summed E-state index contributed by atoms with van der Waals surface area (Å²) in [5.41, 5.74) is 17.9. The Hall–Kier alpha value is -8.86. The van der Waals surface area contributed by atoms with E-state index in [4.69, 9.17) is 9.97 Å². The van der Waals surface area contributed by atoms with Crippen LogP contribution in [0.2, 0.25) is 0 Å². The minimum Gasteiger partial charge on any atom is -0.310 e. The Bertz CT molecular complexity index is 3940. The van der Waals surface area contributed by atoms with E-state index in [2.05, 4.69) is 240 Å². The summed E-state index contributed by atoms with van der Waals surface area (Å²) in [5, 5.41) is 6.40. The van der Waals surface area contributed by atoms with Crippen LogP contribution in [0.3, 0.4) is 0 Å². The van der Waals surface area contributed by atoms with Crippen LogP contribution in [0, 0.1) is 0 Å². The van der Waals surface area contributed by atoms with Gasteiger partial charge in [-0.05, 0) is 119 Å². The third-order valence-electron chi connectivity index (χ3n) is 13.6. The first-order valence-electron chi connectivity index (χ1n) is 23.5. The highest BCUT2D eigenvalue weighted by molar-refractivity contribution is 6.10. The molecule has 9 aromatic carbocycles. The van der Waals surface area contributed by atoms with Gasteiger partial charge in [0.25, 0.3) is 0 Å². The largest absolute Gasteiger partial charge is 0.310 e. The molecule has 13 rings (SSSR count). The highest BCUT2D eigenvalue weighted by Gasteiger charge is 2.17. The summed E-state index contributed by atoms with van der Waals surface area (Å²) >= 11 is 0. The van der Waals surface area contributed by atoms with Crippen molar-refractivity contribution in [2.45, 2.75) is 12.8 Å². The molecule has 0 spiro atoms. The minimum atomic E-state index is 0.703. The van der Waals surface area contributed by atoms with Crippen LogP contribution in [0.5, 0.6) is 0 Å². The predicted molar refractivity (Wildman–Crippen MR) is 283 cm³/mol. The standard InChI is InChI=1S/C64H44N4/c1-4-16-44(17-5-1)58-42-59(45-18-6-2-7-19-45)66-64(65-58)51-23-15-22-48(39-51)47-21-14-20-46(38-47)43-30-34-53(35-31-43)68-61-29-13-11-27-55(61)57-41-50(33-37-63(57)68)49-32-36-62-56(40-49)54-26-10-12-28-60(54)67(62)52-24-8-3-9-25-52/h1-10,12,14-42H,11,13H2. The van der Waals surface area contributed by atoms with E-state index in [1.807, 2.05) is 12.1 Å². The van der Waals surface area contributed by atoms with Crippen molar-refractivity contribution in [2.75, 3.05) is 0 Å². The van der Waals surface area contributed by atoms with Crippen LogP contribution in [-0.2, 0) is 0 Å². The first kappa shape index (κ1) is 39.5. The highest BCUT2D eigenvalue weighted by atomic mass is 15.0. The van der Waals surface area contributed by atoms with Crippen LogP contribution >= 0.6 is 0 Å². The average Bonchev–Trinajstić information content (AvgIpc) is 3.94. The Kier molecular flexibility index (Phi) is 9.61. The van der Waals surface area contributed by atoms with Crippen molar-refractivity contribution in [3.63, 3.8) is 0 Å². The molecule has 0 N–H and O–H groups in total. The van der Waals surface area contributed by atoms with Crippen LogP contribution in [0.15, 0.2) is 231 Å². The average molecular weight is 869 g/mol. The molecule has 0 amide bonds. The molecule has 0 saturated heterocycles. The molecule has 320 valence electrons. The molecule has 0 unspecified atom stereocenters. The lowest BCUT2D eigenvalue weighted by atomic mass is 9.97. The molecule has 0 fully saturated rings. The third-order valence-corrected chi connectivity index (χ3v) is 13.6. The molecule has 1 aliphatic rings. The smallest absolute Gasteiger partial charge is 0.160 e. The number of para-hydroxylation sites is 2. The summed E-state index contributed by atoms with van der Waals surface area (Å²) in [6.07, 6.45) is 6.92. The first-order valence-corrected chi connectivity index (χ1v) is 23.5. The van der Waals surface area contributed by atoms with Gasteiger partial charge in [0.1, 0.15) is 0 Å². The Morgan fingerprint density at radius 1 is 0.294 bits per heavy atom. The van der Waals surface area contributed by atoms with Crippen molar-refractivity contribution < 1.29 is 0 Å². The van der Waals surface area contributed by atoms with Gasteiger partial charge in [0.2, 0.25) is 0 Å². The monoisotopic (exact) mass is 868 g/mol. The van der Waals surface area contributed by atoms with Gasteiger partial charge in [-0.3, -0.25) is 0 Å². The number of rotatable bonds is 8. The molecule has 0 saturated carbocycles. The number of hydrogen-bond acceptors (Lipinski definition) is 2. The third kappa shape index (κ3) is 6.94. The van der Waals surface area contributed by atoms with Gasteiger partial charge in [-0.1, -0.05) is 170 Å². The summed E-state index contributed by atoms with van der Waals surface area (Å²) in [6, 6.07) is 82.7. The second-order valence-electron chi connectivity index (χ2n) is 17.7. The SMILES string of the molecule is C1=c2c(n(-c3ccc(-c4cccc(-c5cccc(-c6nc(-c7ccccc7)cc(-c7ccccc7)n6)c5)c4)cc3)c3ccc(-c4ccc5c(c4)c4ccccc4n5-c4ccccc4)cc23)=CCC1. The highest BCUT2D eigenvalue weighted by Crippen LogP contribution is 2.37. The molecule has 1 aliphatic carbocycles. The molecule has 4 heteroatoms. The van der Waals surface area contributed by atoms with Gasteiger partial charge in [-0.25, -0.2) is 9.97 Å². The molecule has 3 heterocycles. The van der Waals surface area contributed by atoms with Gasteiger partial charge in [0.15, 0.2) is 5.82 Å². The Balaban J connectivity index is 0.831. The van der Waals surface area contributed by atoms with Crippen LogP contribution in [-0.4, -0.2) is 19.1 Å². The number of hydrogen-bond donors (Lipinski definition) is 0. The maximum atomic E-state index is 5.10. The lowest BCUT2D eigenvalue weighted by Gasteiger charge is -2.12. The summed E-state index contributed by atoms with van der Waals surface area (Å²) < 4.78 is 4.83. The van der Waals surface area contributed by atoms with Crippen molar-refractivity contribution >= 4 is 44.9 Å². The summed E-state index contributed by atoms with van der Waals surface area (Å²) in [5.74, 6) is 0.703. The molecule has 68 heavy (non-hydrogen) atoms. The van der Waals surface area contributed by atoms with Crippen molar-refractivity contribution in [2.24, 2.45) is 0 Å². The van der Waals surface area contributed by atoms with Gasteiger partial charge in [0.05, 0.1) is 27.9 Å². The summed E-state index contributed by atoms with van der Waals surface area (Å²) in [7, 11) is 0. The van der Waals surface area contributed by atoms with E-state index >= 15 is 0 Å². The molecule has 4 nitrogen and oxygen atoms in total. The van der Waals surface area contributed by atoms with Crippen LogP contribution in [0.1, 0.15) is 12.8 Å². The van der Waals surface area contributed by atoms with Crippen molar-refractivity contribution in [1.82, 2.24) is 19.1 Å². The van der Waals surface area contributed by atoms with Crippen molar-refractivity contribution in [3.8, 4) is 78.7 Å². The van der Waals surface area contributed by atoms with E-state index in [1.54, 1.807) is 0 Å². The van der Waals surface area contributed by atoms with E-state index in [0.717, 1.165) is 57.7 Å². The second-order valence-corrected chi connectivity index (χ2v) is 17.7. The van der Waals surface area contributed by atoms with Crippen molar-refractivity contribution in [3.05, 3.63) is 241 Å². The first-order chi connectivity index (χ1) is 33.7. The second kappa shape index (κ2) is 16.5. The minimum absolute atomic E-state index is 0.703. The quantitative estimate of drug-likeness (QED) is 0.153. The molecular formula is C64H44N4. The maximum absolute atomic E-state index is 5.10. The van der Waals surface area contributed by atoms with Gasteiger partial charge in [-0.2, -0.15) is 0 Å². The van der Waals surface area contributed by atoms with E-state index in [1.165, 1.54) is 71.2 Å². The molecule has 3 aromatic heterocycles. The Labute approximate surface area is 394 Å². The number of benzene rings is 9. The zero-order valence-corrected chi connectivity index (χ0v) is 37.3. The van der Waals surface area contributed by atoms with E-state index in [0.29, 0.717) is 5.82 Å². The fraction of sp³-hybridized carbons (Fsp3) is 0.0312. The number of nitrogens with zero attached hydrogens (tertiary/aromatic N) is 4. The molecule has 0 radical (unpaired) electrons. The lowest BCUT2D eigenvalue weighted by Crippen LogP contribution is -2.30. The molecule has 0 bridgehead atoms. The topological polar surface area (TPSA) is 35.6 Å². The van der Waals surface area contributed by atoms with Crippen LogP contribution in [0.4, 0.5) is 0 Å². The van der Waals surface area contributed by atoms with E-state index in [-0.39, 0.29) is 0 Å². The summed E-state index contributed by atoms with van der Waals surface area (Å²) in [6.45, 7) is 0. The Morgan fingerprint density at radius 3 is 1.44 bits per heavy atom. The van der Waals surface area contributed by atoms with E-state index in [9.17, 15) is 0 Å². The molecule has 12 aromatic rings. The van der Waals surface area contributed by atoms with Crippen LogP contribution in [0.25, 0.3) is 124 Å². The molecule has 0 aliphatic heterocycles. The summed E-state index contributed by atoms with van der Waals surface area (Å²) in [4.78, 5) is 10.2. The van der Waals surface area contributed by atoms with Gasteiger partial charge >= 0.3 is 0 Å². The normalized spacial score (nSPS) is 12.2. The zero-order chi connectivity index (χ0) is 45.0. The predicted octanol–water partition coefficient (Wildman–Crippen LogP) is 14.9. The maximum Gasteiger partial charge on any atom is 0.160 e. The molecule has 0 atom stereocenters. The van der Waals surface area contributed by atoms with Crippen LogP contribution < -0.4 is 10.6 Å².